The number of rotatable bonds is 4. The Kier molecular flexibility index (Phi) is 5.26. The molecular formula is C20H22N2O2. The number of hydrogen-bond donors (Lipinski definition) is 0. The van der Waals surface area contributed by atoms with Gasteiger partial charge in [0.25, 0.3) is 0 Å². The molecule has 0 aromatic heterocycles. The minimum Gasteiger partial charge on any atom is -0.623 e. The average Bonchev–Trinajstić information content (AvgIpc) is 2.63. The molecule has 0 aliphatic heterocycles. The second-order valence-corrected chi connectivity index (χ2v) is 6.22. The molecule has 1 aliphatic carbocycles. The molecule has 0 saturated heterocycles. The van der Waals surface area contributed by atoms with Gasteiger partial charge in [0.2, 0.25) is 12.1 Å². The van der Waals surface area contributed by atoms with Crippen molar-refractivity contribution in [3.8, 4) is 0 Å². The predicted molar refractivity (Wildman–Crippen MR) is 96.5 cm³/mol. The summed E-state index contributed by atoms with van der Waals surface area (Å²) in [7, 11) is 0. The predicted octanol–water partition coefficient (Wildman–Crippen LogP) is 3.56. The molecule has 2 aromatic carbocycles. The highest BCUT2D eigenvalue weighted by molar-refractivity contribution is 5.76. The molecule has 0 heterocycles. The molecule has 1 fully saturated rings. The van der Waals surface area contributed by atoms with Crippen LogP contribution in [0.4, 0.5) is 0 Å². The van der Waals surface area contributed by atoms with E-state index in [4.69, 9.17) is 0 Å². The van der Waals surface area contributed by atoms with E-state index < -0.39 is 0 Å². The molecule has 124 valence electrons. The SMILES string of the molecule is [O-]/[N+](=C\c1ccccc1)[C@H]1CCCC[C@H]1/[N+]([O-])=C\c1ccccc1. The van der Waals surface area contributed by atoms with Gasteiger partial charge in [-0.1, -0.05) is 36.4 Å². The first kappa shape index (κ1) is 16.2. The topological polar surface area (TPSA) is 52.1 Å². The lowest BCUT2D eigenvalue weighted by atomic mass is 9.90. The maximum absolute atomic E-state index is 12.6. The van der Waals surface area contributed by atoms with Crippen LogP contribution >= 0.6 is 0 Å². The first-order valence-corrected chi connectivity index (χ1v) is 8.45. The second kappa shape index (κ2) is 7.77. The van der Waals surface area contributed by atoms with E-state index in [0.717, 1.165) is 46.3 Å². The van der Waals surface area contributed by atoms with Gasteiger partial charge in [-0.25, -0.2) is 9.48 Å². The number of hydroxylamine groups is 2. The smallest absolute Gasteiger partial charge is 0.224 e. The van der Waals surface area contributed by atoms with Crippen molar-refractivity contribution < 1.29 is 9.48 Å². The normalized spacial score (nSPS) is 22.3. The van der Waals surface area contributed by atoms with E-state index in [0.29, 0.717) is 0 Å². The molecule has 3 rings (SSSR count). The summed E-state index contributed by atoms with van der Waals surface area (Å²) in [5, 5.41) is 25.2. The third-order valence-corrected chi connectivity index (χ3v) is 4.50. The Balaban J connectivity index is 1.83. The van der Waals surface area contributed by atoms with Crippen molar-refractivity contribution in [2.45, 2.75) is 37.8 Å². The second-order valence-electron chi connectivity index (χ2n) is 6.22. The molecule has 0 bridgehead atoms. The van der Waals surface area contributed by atoms with Crippen molar-refractivity contribution >= 4 is 12.4 Å². The molecule has 0 spiro atoms. The maximum Gasteiger partial charge on any atom is 0.224 e. The van der Waals surface area contributed by atoms with Gasteiger partial charge in [-0.3, -0.25) is 0 Å². The molecule has 4 heteroatoms. The van der Waals surface area contributed by atoms with Crippen LogP contribution in [0.3, 0.4) is 0 Å². The van der Waals surface area contributed by atoms with Gasteiger partial charge in [0.1, 0.15) is 0 Å². The molecule has 0 amide bonds. The van der Waals surface area contributed by atoms with Gasteiger partial charge in [-0.05, 0) is 37.1 Å². The van der Waals surface area contributed by atoms with Gasteiger partial charge < -0.3 is 10.4 Å². The van der Waals surface area contributed by atoms with E-state index in [1.165, 1.54) is 0 Å². The Bertz CT molecular complexity index is 647. The summed E-state index contributed by atoms with van der Waals surface area (Å²) in [6.45, 7) is 0. The Morgan fingerprint density at radius 2 is 1.04 bits per heavy atom. The zero-order valence-corrected chi connectivity index (χ0v) is 13.6. The third-order valence-electron chi connectivity index (χ3n) is 4.50. The van der Waals surface area contributed by atoms with Gasteiger partial charge in [0.15, 0.2) is 12.4 Å². The lowest BCUT2D eigenvalue weighted by Gasteiger charge is -2.28. The van der Waals surface area contributed by atoms with Crippen molar-refractivity contribution in [1.82, 2.24) is 0 Å². The summed E-state index contributed by atoms with van der Waals surface area (Å²) in [5.74, 6) is 0. The zero-order chi connectivity index (χ0) is 16.8. The minimum atomic E-state index is -0.309. The van der Waals surface area contributed by atoms with E-state index in [2.05, 4.69) is 0 Å². The fraction of sp³-hybridized carbons (Fsp3) is 0.300. The van der Waals surface area contributed by atoms with E-state index in [-0.39, 0.29) is 12.1 Å². The highest BCUT2D eigenvalue weighted by Gasteiger charge is 2.37. The Morgan fingerprint density at radius 1 is 0.667 bits per heavy atom. The van der Waals surface area contributed by atoms with Gasteiger partial charge in [0.05, 0.1) is 0 Å². The largest absolute Gasteiger partial charge is 0.623 e. The van der Waals surface area contributed by atoms with Crippen LogP contribution in [0.1, 0.15) is 36.8 Å². The van der Waals surface area contributed by atoms with Crippen LogP contribution in [-0.4, -0.2) is 34.0 Å². The quantitative estimate of drug-likeness (QED) is 0.374. The zero-order valence-electron chi connectivity index (χ0n) is 13.6. The fourth-order valence-electron chi connectivity index (χ4n) is 3.25. The van der Waals surface area contributed by atoms with Crippen LogP contribution in [0.25, 0.3) is 0 Å². The monoisotopic (exact) mass is 322 g/mol. The summed E-state index contributed by atoms with van der Waals surface area (Å²) < 4.78 is 1.95. The maximum atomic E-state index is 12.6. The lowest BCUT2D eigenvalue weighted by Crippen LogP contribution is -2.44. The van der Waals surface area contributed by atoms with Crippen LogP contribution in [0.15, 0.2) is 60.7 Å². The van der Waals surface area contributed by atoms with Crippen molar-refractivity contribution in [2.24, 2.45) is 0 Å². The number of hydrogen-bond acceptors (Lipinski definition) is 2. The van der Waals surface area contributed by atoms with Crippen molar-refractivity contribution in [3.63, 3.8) is 0 Å². The molecule has 2 atom stereocenters. The van der Waals surface area contributed by atoms with Crippen LogP contribution in [0, 0.1) is 10.4 Å². The first-order valence-electron chi connectivity index (χ1n) is 8.45. The van der Waals surface area contributed by atoms with Crippen LogP contribution in [0.2, 0.25) is 0 Å². The molecule has 0 unspecified atom stereocenters. The highest BCUT2D eigenvalue weighted by atomic mass is 16.5. The molecule has 0 radical (unpaired) electrons. The summed E-state index contributed by atoms with van der Waals surface area (Å²) in [5.41, 5.74) is 1.72. The first-order chi connectivity index (χ1) is 11.7. The summed E-state index contributed by atoms with van der Waals surface area (Å²) in [6.07, 6.45) is 6.67. The molecule has 1 aliphatic rings. The fourth-order valence-corrected chi connectivity index (χ4v) is 3.25. The number of benzene rings is 2. The lowest BCUT2D eigenvalue weighted by molar-refractivity contribution is -0.598. The van der Waals surface area contributed by atoms with E-state index in [9.17, 15) is 10.4 Å². The van der Waals surface area contributed by atoms with Gasteiger partial charge in [-0.2, -0.15) is 0 Å². The van der Waals surface area contributed by atoms with E-state index in [1.54, 1.807) is 12.4 Å². The molecule has 4 nitrogen and oxygen atoms in total. The van der Waals surface area contributed by atoms with Gasteiger partial charge in [0, 0.05) is 24.0 Å². The van der Waals surface area contributed by atoms with Crippen molar-refractivity contribution in [2.75, 3.05) is 0 Å². The van der Waals surface area contributed by atoms with Crippen LogP contribution < -0.4 is 0 Å². The molecule has 1 saturated carbocycles. The summed E-state index contributed by atoms with van der Waals surface area (Å²) >= 11 is 0. The van der Waals surface area contributed by atoms with Crippen molar-refractivity contribution in [3.05, 3.63) is 82.2 Å². The molecule has 2 aromatic rings. The number of nitrogens with zero attached hydrogens (tertiary/aromatic N) is 2. The van der Waals surface area contributed by atoms with Crippen LogP contribution in [-0.2, 0) is 0 Å². The molecular weight excluding hydrogens is 300 g/mol. The van der Waals surface area contributed by atoms with Crippen LogP contribution in [0.5, 0.6) is 0 Å². The average molecular weight is 322 g/mol. The summed E-state index contributed by atoms with van der Waals surface area (Å²) in [4.78, 5) is 0. The Morgan fingerprint density at radius 3 is 1.42 bits per heavy atom. The van der Waals surface area contributed by atoms with E-state index >= 15 is 0 Å². The van der Waals surface area contributed by atoms with Gasteiger partial charge in [-0.15, -0.1) is 0 Å². The highest BCUT2D eigenvalue weighted by Crippen LogP contribution is 2.23. The molecule has 24 heavy (non-hydrogen) atoms. The molecule has 0 N–H and O–H groups in total. The Hall–Kier alpha value is -2.62. The third kappa shape index (κ3) is 4.02. The van der Waals surface area contributed by atoms with E-state index in [1.807, 2.05) is 60.7 Å². The Labute approximate surface area is 142 Å². The minimum absolute atomic E-state index is 0.309. The van der Waals surface area contributed by atoms with Gasteiger partial charge >= 0.3 is 0 Å². The summed E-state index contributed by atoms with van der Waals surface area (Å²) in [6, 6.07) is 18.4. The standard InChI is InChI=1S/C20H22N2O2/c23-21(15-17-9-3-1-4-10-17)19-13-7-8-14-20(19)22(24)16-18-11-5-2-6-12-18/h1-6,9-12,15-16,19-20H,7-8,13-14H2/b21-15-,22-16+/t19-,20+/m0/s1. The van der Waals surface area contributed by atoms with Crippen molar-refractivity contribution in [1.29, 1.82) is 0 Å².